The van der Waals surface area contributed by atoms with E-state index in [2.05, 4.69) is 4.98 Å². The lowest BCUT2D eigenvalue weighted by molar-refractivity contribution is 0.598. The number of benzene rings is 1. The zero-order chi connectivity index (χ0) is 11.6. The second-order valence-electron chi connectivity index (χ2n) is 3.28. The van der Waals surface area contributed by atoms with Gasteiger partial charge in [0.2, 0.25) is 10.0 Å². The predicted octanol–water partition coefficient (Wildman–Crippen LogP) is 1.40. The van der Waals surface area contributed by atoms with Crippen molar-refractivity contribution < 1.29 is 8.42 Å². The van der Waals surface area contributed by atoms with Crippen molar-refractivity contribution in [2.45, 2.75) is 4.90 Å². The number of hydrogen-bond donors (Lipinski definition) is 1. The predicted molar refractivity (Wildman–Crippen MR) is 61.0 cm³/mol. The van der Waals surface area contributed by atoms with Crippen LogP contribution in [0.15, 0.2) is 53.7 Å². The SMILES string of the molecule is NS(=O)(=O)c1ccccc1-c1cccnc1. The second-order valence-corrected chi connectivity index (χ2v) is 4.81. The third-order valence-electron chi connectivity index (χ3n) is 2.17. The zero-order valence-electron chi connectivity index (χ0n) is 8.37. The summed E-state index contributed by atoms with van der Waals surface area (Å²) in [6.07, 6.45) is 3.23. The summed E-state index contributed by atoms with van der Waals surface area (Å²) in [6.45, 7) is 0. The molecule has 0 atom stereocenters. The van der Waals surface area contributed by atoms with Gasteiger partial charge in [-0.05, 0) is 12.1 Å². The molecule has 0 spiro atoms. The average molecular weight is 234 g/mol. The number of pyridine rings is 1. The van der Waals surface area contributed by atoms with E-state index in [4.69, 9.17) is 5.14 Å². The van der Waals surface area contributed by atoms with E-state index >= 15 is 0 Å². The van der Waals surface area contributed by atoms with Gasteiger partial charge in [-0.25, -0.2) is 13.6 Å². The highest BCUT2D eigenvalue weighted by Gasteiger charge is 2.13. The van der Waals surface area contributed by atoms with E-state index in [9.17, 15) is 8.42 Å². The second kappa shape index (κ2) is 4.03. The van der Waals surface area contributed by atoms with Gasteiger partial charge in [0.05, 0.1) is 4.90 Å². The molecule has 16 heavy (non-hydrogen) atoms. The Balaban J connectivity index is 2.68. The molecule has 0 aliphatic rings. The fourth-order valence-electron chi connectivity index (χ4n) is 1.48. The summed E-state index contributed by atoms with van der Waals surface area (Å²) in [5.41, 5.74) is 1.30. The molecule has 0 aliphatic carbocycles. The van der Waals surface area contributed by atoms with Crippen LogP contribution in [0.2, 0.25) is 0 Å². The highest BCUT2D eigenvalue weighted by atomic mass is 32.2. The lowest BCUT2D eigenvalue weighted by atomic mass is 10.1. The Kier molecular flexibility index (Phi) is 2.72. The first kappa shape index (κ1) is 10.8. The van der Waals surface area contributed by atoms with Gasteiger partial charge in [0.25, 0.3) is 0 Å². The Morgan fingerprint density at radius 3 is 2.44 bits per heavy atom. The first-order chi connectivity index (χ1) is 7.59. The van der Waals surface area contributed by atoms with Gasteiger partial charge in [0, 0.05) is 23.5 Å². The molecule has 0 fully saturated rings. The van der Waals surface area contributed by atoms with Crippen molar-refractivity contribution in [3.8, 4) is 11.1 Å². The van der Waals surface area contributed by atoms with E-state index in [-0.39, 0.29) is 4.90 Å². The molecular weight excluding hydrogens is 224 g/mol. The van der Waals surface area contributed by atoms with Gasteiger partial charge < -0.3 is 0 Å². The summed E-state index contributed by atoms with van der Waals surface area (Å²) in [5, 5.41) is 5.15. The molecule has 0 aliphatic heterocycles. The topological polar surface area (TPSA) is 73.1 Å². The van der Waals surface area contributed by atoms with E-state index in [0.717, 1.165) is 5.56 Å². The zero-order valence-corrected chi connectivity index (χ0v) is 9.18. The maximum absolute atomic E-state index is 11.4. The number of primary sulfonamides is 1. The summed E-state index contributed by atoms with van der Waals surface area (Å²) in [5.74, 6) is 0. The summed E-state index contributed by atoms with van der Waals surface area (Å²) in [7, 11) is -3.71. The van der Waals surface area contributed by atoms with E-state index in [1.807, 2.05) is 0 Å². The van der Waals surface area contributed by atoms with Gasteiger partial charge >= 0.3 is 0 Å². The van der Waals surface area contributed by atoms with Crippen LogP contribution in [0.5, 0.6) is 0 Å². The Morgan fingerprint density at radius 1 is 1.06 bits per heavy atom. The molecule has 0 saturated heterocycles. The summed E-state index contributed by atoms with van der Waals surface area (Å²) in [4.78, 5) is 4.06. The Morgan fingerprint density at radius 2 is 1.81 bits per heavy atom. The molecule has 2 aromatic rings. The van der Waals surface area contributed by atoms with E-state index < -0.39 is 10.0 Å². The van der Waals surface area contributed by atoms with E-state index in [1.54, 1.807) is 42.7 Å². The molecule has 1 heterocycles. The summed E-state index contributed by atoms with van der Waals surface area (Å²) >= 11 is 0. The van der Waals surface area contributed by atoms with Gasteiger partial charge in [0.1, 0.15) is 0 Å². The number of rotatable bonds is 2. The first-order valence-electron chi connectivity index (χ1n) is 4.61. The van der Waals surface area contributed by atoms with Gasteiger partial charge in [-0.3, -0.25) is 4.98 Å². The maximum atomic E-state index is 11.4. The fraction of sp³-hybridized carbons (Fsp3) is 0. The minimum absolute atomic E-state index is 0.114. The van der Waals surface area contributed by atoms with Crippen LogP contribution >= 0.6 is 0 Å². The monoisotopic (exact) mass is 234 g/mol. The molecule has 0 unspecified atom stereocenters. The quantitative estimate of drug-likeness (QED) is 0.853. The van der Waals surface area contributed by atoms with Crippen LogP contribution in [0.4, 0.5) is 0 Å². The summed E-state index contributed by atoms with van der Waals surface area (Å²) < 4.78 is 22.8. The molecule has 0 bridgehead atoms. The number of hydrogen-bond acceptors (Lipinski definition) is 3. The van der Waals surface area contributed by atoms with Crippen molar-refractivity contribution in [3.63, 3.8) is 0 Å². The minimum atomic E-state index is -3.71. The number of nitrogens with zero attached hydrogens (tertiary/aromatic N) is 1. The molecular formula is C11H10N2O2S. The van der Waals surface area contributed by atoms with Gasteiger partial charge in [-0.15, -0.1) is 0 Å². The first-order valence-corrected chi connectivity index (χ1v) is 6.16. The highest BCUT2D eigenvalue weighted by Crippen LogP contribution is 2.25. The van der Waals surface area contributed by atoms with Gasteiger partial charge in [0.15, 0.2) is 0 Å². The molecule has 0 saturated carbocycles. The van der Waals surface area contributed by atoms with Crippen LogP contribution in [0.3, 0.4) is 0 Å². The van der Waals surface area contributed by atoms with Crippen molar-refractivity contribution in [2.75, 3.05) is 0 Å². The molecule has 2 N–H and O–H groups in total. The van der Waals surface area contributed by atoms with Crippen molar-refractivity contribution >= 4 is 10.0 Å². The number of aromatic nitrogens is 1. The largest absolute Gasteiger partial charge is 0.264 e. The maximum Gasteiger partial charge on any atom is 0.238 e. The van der Waals surface area contributed by atoms with Crippen LogP contribution in [0.1, 0.15) is 0 Å². The van der Waals surface area contributed by atoms with Crippen LogP contribution in [-0.4, -0.2) is 13.4 Å². The lowest BCUT2D eigenvalue weighted by Gasteiger charge is -2.06. The van der Waals surface area contributed by atoms with Crippen molar-refractivity contribution in [3.05, 3.63) is 48.8 Å². The highest BCUT2D eigenvalue weighted by molar-refractivity contribution is 7.89. The fourth-order valence-corrected chi connectivity index (χ4v) is 2.24. The minimum Gasteiger partial charge on any atom is -0.264 e. The molecule has 5 heteroatoms. The molecule has 82 valence electrons. The number of nitrogens with two attached hydrogens (primary N) is 1. The molecule has 1 aromatic carbocycles. The smallest absolute Gasteiger partial charge is 0.238 e. The van der Waals surface area contributed by atoms with Crippen molar-refractivity contribution in [1.82, 2.24) is 4.98 Å². The standard InChI is InChI=1S/C11H10N2O2S/c12-16(14,15)11-6-2-1-5-10(11)9-4-3-7-13-8-9/h1-8H,(H2,12,14,15). The third-order valence-corrected chi connectivity index (χ3v) is 3.14. The lowest BCUT2D eigenvalue weighted by Crippen LogP contribution is -2.13. The summed E-state index contributed by atoms with van der Waals surface area (Å²) in [6, 6.07) is 10.1. The molecule has 2 rings (SSSR count). The van der Waals surface area contributed by atoms with Crippen molar-refractivity contribution in [1.29, 1.82) is 0 Å². The van der Waals surface area contributed by atoms with Crippen LogP contribution in [0, 0.1) is 0 Å². The normalized spacial score (nSPS) is 11.3. The Hall–Kier alpha value is -1.72. The number of sulfonamides is 1. The molecule has 0 radical (unpaired) electrons. The van der Waals surface area contributed by atoms with Crippen LogP contribution in [0.25, 0.3) is 11.1 Å². The van der Waals surface area contributed by atoms with E-state index in [1.165, 1.54) is 6.07 Å². The Bertz CT molecular complexity index is 594. The van der Waals surface area contributed by atoms with Crippen molar-refractivity contribution in [2.24, 2.45) is 5.14 Å². The van der Waals surface area contributed by atoms with Crippen LogP contribution in [-0.2, 0) is 10.0 Å². The average Bonchev–Trinajstić information content (AvgIpc) is 2.29. The van der Waals surface area contributed by atoms with Gasteiger partial charge in [-0.2, -0.15) is 0 Å². The molecule has 0 amide bonds. The molecule has 1 aromatic heterocycles. The third kappa shape index (κ3) is 2.10. The van der Waals surface area contributed by atoms with Gasteiger partial charge in [-0.1, -0.05) is 24.3 Å². The van der Waals surface area contributed by atoms with E-state index in [0.29, 0.717) is 5.56 Å². The molecule has 4 nitrogen and oxygen atoms in total. The Labute approximate surface area is 93.8 Å². The van der Waals surface area contributed by atoms with Crippen LogP contribution < -0.4 is 5.14 Å².